The van der Waals surface area contributed by atoms with Crippen LogP contribution in [0.4, 0.5) is 5.69 Å². The van der Waals surface area contributed by atoms with Crippen LogP contribution in [-0.2, 0) is 20.9 Å². The van der Waals surface area contributed by atoms with Crippen molar-refractivity contribution in [3.63, 3.8) is 0 Å². The number of furan rings is 1. The Balaban J connectivity index is 1.69. The minimum Gasteiger partial charge on any atom is -0.482 e. The maximum absolute atomic E-state index is 12.1. The molecule has 124 valence electrons. The first-order valence-electron chi connectivity index (χ1n) is 6.97. The van der Waals surface area contributed by atoms with E-state index in [9.17, 15) is 14.4 Å². The van der Waals surface area contributed by atoms with Gasteiger partial charge >= 0.3 is 11.9 Å². The summed E-state index contributed by atoms with van der Waals surface area (Å²) in [7, 11) is 1.25. The molecule has 0 fully saturated rings. The van der Waals surface area contributed by atoms with Gasteiger partial charge in [-0.2, -0.15) is 0 Å². The van der Waals surface area contributed by atoms with Gasteiger partial charge in [0.15, 0.2) is 19.0 Å². The van der Waals surface area contributed by atoms with Crippen LogP contribution in [0, 0.1) is 0 Å². The minimum atomic E-state index is -0.620. The van der Waals surface area contributed by atoms with Crippen LogP contribution in [0.3, 0.4) is 0 Å². The van der Waals surface area contributed by atoms with Crippen LogP contribution < -0.4 is 10.1 Å². The lowest BCUT2D eigenvalue weighted by Gasteiger charge is -2.18. The van der Waals surface area contributed by atoms with E-state index in [1.807, 2.05) is 0 Å². The van der Waals surface area contributed by atoms with E-state index in [2.05, 4.69) is 10.1 Å². The zero-order chi connectivity index (χ0) is 17.1. The quantitative estimate of drug-likeness (QED) is 0.851. The number of amides is 1. The molecule has 0 bridgehead atoms. The van der Waals surface area contributed by atoms with Gasteiger partial charge in [-0.3, -0.25) is 4.79 Å². The molecule has 1 aromatic carbocycles. The first kappa shape index (κ1) is 15.6. The Labute approximate surface area is 136 Å². The zero-order valence-corrected chi connectivity index (χ0v) is 12.7. The third-order valence-electron chi connectivity index (χ3n) is 3.34. The van der Waals surface area contributed by atoms with Crippen molar-refractivity contribution in [1.29, 1.82) is 0 Å². The molecule has 0 saturated carbocycles. The number of esters is 2. The number of carbonyl (C=O) groups excluding carboxylic acids is 3. The van der Waals surface area contributed by atoms with E-state index in [4.69, 9.17) is 13.9 Å². The Hall–Kier alpha value is -3.29. The number of anilines is 1. The number of benzene rings is 1. The summed E-state index contributed by atoms with van der Waals surface area (Å²) in [6, 6.07) is 5.96. The number of carbonyl (C=O) groups is 3. The van der Waals surface area contributed by atoms with Gasteiger partial charge < -0.3 is 23.9 Å². The number of hydrogen-bond acceptors (Lipinski definition) is 7. The zero-order valence-electron chi connectivity index (χ0n) is 12.7. The van der Waals surface area contributed by atoms with Crippen LogP contribution in [0.15, 0.2) is 34.9 Å². The summed E-state index contributed by atoms with van der Waals surface area (Å²) in [5.74, 6) is -0.877. The molecular weight excluding hydrogens is 318 g/mol. The normalized spacial score (nSPS) is 12.6. The Bertz CT molecular complexity index is 809. The number of ether oxygens (including phenoxy) is 3. The number of hydrogen-bond donors (Lipinski definition) is 1. The highest BCUT2D eigenvalue weighted by Gasteiger charge is 2.20. The molecule has 1 aliphatic rings. The van der Waals surface area contributed by atoms with E-state index in [1.165, 1.54) is 31.6 Å². The second-order valence-electron chi connectivity index (χ2n) is 4.87. The fraction of sp³-hybridized carbons (Fsp3) is 0.188. The van der Waals surface area contributed by atoms with E-state index >= 15 is 0 Å². The predicted molar refractivity (Wildman–Crippen MR) is 79.7 cm³/mol. The highest BCUT2D eigenvalue weighted by Crippen LogP contribution is 2.28. The van der Waals surface area contributed by atoms with Crippen molar-refractivity contribution < 1.29 is 33.0 Å². The van der Waals surface area contributed by atoms with Gasteiger partial charge in [-0.05, 0) is 24.3 Å². The van der Waals surface area contributed by atoms with E-state index in [-0.39, 0.29) is 36.0 Å². The lowest BCUT2D eigenvalue weighted by Crippen LogP contribution is -2.25. The van der Waals surface area contributed by atoms with Crippen LogP contribution in [0.5, 0.6) is 5.75 Å². The molecule has 8 heteroatoms. The van der Waals surface area contributed by atoms with Gasteiger partial charge in [-0.25, -0.2) is 9.59 Å². The monoisotopic (exact) mass is 331 g/mol. The molecule has 1 amide bonds. The van der Waals surface area contributed by atoms with Gasteiger partial charge in [0.2, 0.25) is 0 Å². The maximum atomic E-state index is 12.1. The summed E-state index contributed by atoms with van der Waals surface area (Å²) in [5, 5.41) is 2.62. The van der Waals surface area contributed by atoms with E-state index in [0.29, 0.717) is 11.4 Å². The van der Waals surface area contributed by atoms with Gasteiger partial charge in [0.25, 0.3) is 5.91 Å². The molecule has 3 rings (SSSR count). The topological polar surface area (TPSA) is 104 Å². The Morgan fingerprint density at radius 1 is 1.25 bits per heavy atom. The van der Waals surface area contributed by atoms with Crippen LogP contribution >= 0.6 is 0 Å². The summed E-state index contributed by atoms with van der Waals surface area (Å²) in [6.45, 7) is -0.328. The molecule has 0 radical (unpaired) electrons. The van der Waals surface area contributed by atoms with Crippen molar-refractivity contribution in [3.8, 4) is 5.75 Å². The fourth-order valence-electron chi connectivity index (χ4n) is 2.16. The van der Waals surface area contributed by atoms with Gasteiger partial charge in [-0.1, -0.05) is 0 Å². The second kappa shape index (κ2) is 6.45. The molecule has 0 spiro atoms. The fourth-order valence-corrected chi connectivity index (χ4v) is 2.16. The second-order valence-corrected chi connectivity index (χ2v) is 4.87. The van der Waals surface area contributed by atoms with Crippen LogP contribution in [-0.4, -0.2) is 31.6 Å². The minimum absolute atomic E-state index is 0.111. The van der Waals surface area contributed by atoms with Crippen molar-refractivity contribution in [2.24, 2.45) is 0 Å². The number of fused-ring (bicyclic) bond motifs is 1. The van der Waals surface area contributed by atoms with Crippen molar-refractivity contribution in [3.05, 3.63) is 47.4 Å². The smallest absolute Gasteiger partial charge is 0.341 e. The predicted octanol–water partition coefficient (Wildman–Crippen LogP) is 1.75. The van der Waals surface area contributed by atoms with Crippen molar-refractivity contribution in [1.82, 2.24) is 0 Å². The average molecular weight is 331 g/mol. The van der Waals surface area contributed by atoms with Gasteiger partial charge in [0, 0.05) is 0 Å². The molecule has 2 aromatic rings. The molecule has 8 nitrogen and oxygen atoms in total. The van der Waals surface area contributed by atoms with Gasteiger partial charge in [-0.15, -0.1) is 0 Å². The third kappa shape index (κ3) is 3.07. The molecule has 0 saturated heterocycles. The average Bonchev–Trinajstić information content (AvgIpc) is 3.07. The number of nitrogens with one attached hydrogen (secondary N) is 1. The molecular formula is C16H13NO7. The summed E-state index contributed by atoms with van der Waals surface area (Å²) in [4.78, 5) is 34.9. The lowest BCUT2D eigenvalue weighted by atomic mass is 10.1. The summed E-state index contributed by atoms with van der Waals surface area (Å²) < 4.78 is 20.1. The summed E-state index contributed by atoms with van der Waals surface area (Å²) in [5.41, 5.74) is 0.930. The number of methoxy groups -OCH3 is 1. The summed E-state index contributed by atoms with van der Waals surface area (Å²) >= 11 is 0. The van der Waals surface area contributed by atoms with E-state index in [1.54, 1.807) is 6.07 Å². The molecule has 0 unspecified atom stereocenters. The van der Waals surface area contributed by atoms with E-state index < -0.39 is 11.9 Å². The molecule has 1 aliphatic heterocycles. The maximum Gasteiger partial charge on any atom is 0.341 e. The molecule has 2 heterocycles. The molecule has 1 N–H and O–H groups in total. The third-order valence-corrected chi connectivity index (χ3v) is 3.34. The molecule has 24 heavy (non-hydrogen) atoms. The molecule has 0 aliphatic carbocycles. The van der Waals surface area contributed by atoms with Gasteiger partial charge in [0.1, 0.15) is 11.3 Å². The van der Waals surface area contributed by atoms with Crippen molar-refractivity contribution in [2.75, 3.05) is 19.0 Å². The van der Waals surface area contributed by atoms with Crippen molar-refractivity contribution >= 4 is 23.5 Å². The number of rotatable bonds is 4. The highest BCUT2D eigenvalue weighted by molar-refractivity contribution is 5.97. The Morgan fingerprint density at radius 3 is 2.88 bits per heavy atom. The van der Waals surface area contributed by atoms with Crippen molar-refractivity contribution in [2.45, 2.75) is 6.61 Å². The molecule has 1 aromatic heterocycles. The van der Waals surface area contributed by atoms with E-state index in [0.717, 1.165) is 0 Å². The first-order chi connectivity index (χ1) is 11.6. The highest BCUT2D eigenvalue weighted by atomic mass is 16.5. The lowest BCUT2D eigenvalue weighted by molar-refractivity contribution is -0.118. The first-order valence-corrected chi connectivity index (χ1v) is 6.97. The van der Waals surface area contributed by atoms with Crippen LogP contribution in [0.1, 0.15) is 26.5 Å². The van der Waals surface area contributed by atoms with Crippen LogP contribution in [0.2, 0.25) is 0 Å². The SMILES string of the molecule is COC(=O)c1ccoc1COC(=O)c1ccc2c(c1)OCC(=O)N2. The van der Waals surface area contributed by atoms with Crippen LogP contribution in [0.25, 0.3) is 0 Å². The summed E-state index contributed by atoms with van der Waals surface area (Å²) in [6.07, 6.45) is 1.31. The Morgan fingerprint density at radius 2 is 2.08 bits per heavy atom. The molecule has 0 atom stereocenters. The van der Waals surface area contributed by atoms with Gasteiger partial charge in [0.05, 0.1) is 24.6 Å². The largest absolute Gasteiger partial charge is 0.482 e. The Kier molecular flexibility index (Phi) is 4.19. The standard InChI is InChI=1S/C16H13NO7/c1-21-16(20)10-4-5-22-13(10)7-24-15(19)9-2-3-11-12(6-9)23-8-14(18)17-11/h2-6H,7-8H2,1H3,(H,17,18).